The average Bonchev–Trinajstić information content (AvgIpc) is 3.10. The van der Waals surface area contributed by atoms with Gasteiger partial charge in [-0.05, 0) is 45.1 Å². The Morgan fingerprint density at radius 3 is 2.58 bits per heavy atom. The number of hydrogen-bond donors (Lipinski definition) is 2. The van der Waals surface area contributed by atoms with Crippen LogP contribution in [0.2, 0.25) is 0 Å². The van der Waals surface area contributed by atoms with Gasteiger partial charge < -0.3 is 15.5 Å². The third kappa shape index (κ3) is 3.04. The molecule has 3 fully saturated rings. The van der Waals surface area contributed by atoms with Crippen LogP contribution in [0.4, 0.5) is 4.79 Å². The van der Waals surface area contributed by atoms with Crippen molar-refractivity contribution < 1.29 is 4.79 Å². The molecule has 1 aliphatic carbocycles. The van der Waals surface area contributed by atoms with Crippen molar-refractivity contribution in [3.8, 4) is 0 Å². The average molecular weight is 265 g/mol. The third-order valence-electron chi connectivity index (χ3n) is 5.06. The van der Waals surface area contributed by atoms with Crippen molar-refractivity contribution in [3.05, 3.63) is 0 Å². The first-order valence-corrected chi connectivity index (χ1v) is 8.15. The number of likely N-dealkylation sites (tertiary alicyclic amines) is 1. The van der Waals surface area contributed by atoms with Gasteiger partial charge in [-0.1, -0.05) is 19.3 Å². The maximum absolute atomic E-state index is 12.5. The maximum Gasteiger partial charge on any atom is 0.317 e. The van der Waals surface area contributed by atoms with Gasteiger partial charge in [-0.3, -0.25) is 0 Å². The van der Waals surface area contributed by atoms with E-state index in [0.29, 0.717) is 18.1 Å². The van der Waals surface area contributed by atoms with Crippen LogP contribution in [-0.4, -0.2) is 42.1 Å². The first kappa shape index (κ1) is 13.2. The van der Waals surface area contributed by atoms with Gasteiger partial charge in [0.25, 0.3) is 0 Å². The molecule has 0 aromatic carbocycles. The lowest BCUT2D eigenvalue weighted by Crippen LogP contribution is -2.52. The lowest BCUT2D eigenvalue weighted by Gasteiger charge is -2.32. The lowest BCUT2D eigenvalue weighted by atomic mass is 9.96. The summed E-state index contributed by atoms with van der Waals surface area (Å²) in [6.07, 6.45) is 11.1. The second kappa shape index (κ2) is 6.12. The van der Waals surface area contributed by atoms with Crippen molar-refractivity contribution in [2.45, 2.75) is 75.9 Å². The molecule has 108 valence electrons. The Balaban J connectivity index is 1.55. The van der Waals surface area contributed by atoms with Gasteiger partial charge in [0.1, 0.15) is 0 Å². The molecule has 2 amide bonds. The van der Waals surface area contributed by atoms with Crippen LogP contribution in [0, 0.1) is 0 Å². The first-order chi connectivity index (χ1) is 9.34. The Labute approximate surface area is 116 Å². The van der Waals surface area contributed by atoms with Crippen LogP contribution in [0.5, 0.6) is 0 Å². The van der Waals surface area contributed by atoms with Crippen molar-refractivity contribution in [2.75, 3.05) is 13.1 Å². The molecule has 0 bridgehead atoms. The molecule has 2 unspecified atom stereocenters. The van der Waals surface area contributed by atoms with Crippen LogP contribution in [0.25, 0.3) is 0 Å². The zero-order valence-electron chi connectivity index (χ0n) is 11.9. The van der Waals surface area contributed by atoms with Gasteiger partial charge in [-0.15, -0.1) is 0 Å². The van der Waals surface area contributed by atoms with E-state index >= 15 is 0 Å². The quantitative estimate of drug-likeness (QED) is 0.804. The molecule has 0 spiro atoms. The molecule has 0 aromatic rings. The Morgan fingerprint density at radius 2 is 1.84 bits per heavy atom. The SMILES string of the molecule is O=C(NC1CCCCC1)N1CCCC1C1CCCN1. The number of nitrogens with one attached hydrogen (secondary N) is 2. The summed E-state index contributed by atoms with van der Waals surface area (Å²) < 4.78 is 0. The summed E-state index contributed by atoms with van der Waals surface area (Å²) in [5, 5.41) is 6.84. The molecule has 1 saturated carbocycles. The summed E-state index contributed by atoms with van der Waals surface area (Å²) >= 11 is 0. The van der Waals surface area contributed by atoms with Crippen LogP contribution in [0.1, 0.15) is 57.8 Å². The largest absolute Gasteiger partial charge is 0.335 e. The molecule has 4 nitrogen and oxygen atoms in total. The number of carbonyl (C=O) groups is 1. The monoisotopic (exact) mass is 265 g/mol. The minimum atomic E-state index is 0.197. The van der Waals surface area contributed by atoms with Gasteiger partial charge in [-0.2, -0.15) is 0 Å². The summed E-state index contributed by atoms with van der Waals surface area (Å²) in [5.41, 5.74) is 0. The van der Waals surface area contributed by atoms with E-state index in [0.717, 1.165) is 13.1 Å². The fourth-order valence-electron chi connectivity index (χ4n) is 4.01. The van der Waals surface area contributed by atoms with Crippen molar-refractivity contribution >= 4 is 6.03 Å². The molecule has 2 atom stereocenters. The van der Waals surface area contributed by atoms with Crippen molar-refractivity contribution in [3.63, 3.8) is 0 Å². The molecular formula is C15H27N3O. The summed E-state index contributed by atoms with van der Waals surface area (Å²) in [6, 6.07) is 1.60. The Bertz CT molecular complexity index is 309. The highest BCUT2D eigenvalue weighted by Gasteiger charge is 2.36. The second-order valence-corrected chi connectivity index (χ2v) is 6.39. The summed E-state index contributed by atoms with van der Waals surface area (Å²) in [4.78, 5) is 14.6. The molecule has 4 heteroatoms. The van der Waals surface area contributed by atoms with Crippen LogP contribution in [0.3, 0.4) is 0 Å². The van der Waals surface area contributed by atoms with E-state index < -0.39 is 0 Å². The van der Waals surface area contributed by atoms with Crippen molar-refractivity contribution in [1.29, 1.82) is 0 Å². The Morgan fingerprint density at radius 1 is 1.00 bits per heavy atom. The highest BCUT2D eigenvalue weighted by molar-refractivity contribution is 5.75. The van der Waals surface area contributed by atoms with E-state index in [1.807, 2.05) is 0 Å². The molecule has 19 heavy (non-hydrogen) atoms. The number of hydrogen-bond acceptors (Lipinski definition) is 2. The minimum absolute atomic E-state index is 0.197. The van der Waals surface area contributed by atoms with Gasteiger partial charge in [0.05, 0.1) is 0 Å². The normalized spacial score (nSPS) is 32.7. The Hall–Kier alpha value is -0.770. The zero-order chi connectivity index (χ0) is 13.1. The van der Waals surface area contributed by atoms with Gasteiger partial charge in [-0.25, -0.2) is 4.79 Å². The standard InChI is InChI=1S/C15H27N3O/c19-15(17-12-6-2-1-3-7-12)18-11-5-9-14(18)13-8-4-10-16-13/h12-14,16H,1-11H2,(H,17,19). The Kier molecular flexibility index (Phi) is 4.26. The molecule has 0 aromatic heterocycles. The predicted molar refractivity (Wildman–Crippen MR) is 76.2 cm³/mol. The maximum atomic E-state index is 12.5. The van der Waals surface area contributed by atoms with E-state index in [2.05, 4.69) is 15.5 Å². The summed E-state index contributed by atoms with van der Waals surface area (Å²) in [7, 11) is 0. The van der Waals surface area contributed by atoms with E-state index in [1.54, 1.807) is 0 Å². The molecule has 2 heterocycles. The molecular weight excluding hydrogens is 238 g/mol. The predicted octanol–water partition coefficient (Wildman–Crippen LogP) is 2.25. The second-order valence-electron chi connectivity index (χ2n) is 6.39. The number of rotatable bonds is 2. The molecule has 2 saturated heterocycles. The lowest BCUT2D eigenvalue weighted by molar-refractivity contribution is 0.175. The topological polar surface area (TPSA) is 44.4 Å². The number of carbonyl (C=O) groups excluding carboxylic acids is 1. The molecule has 3 rings (SSSR count). The minimum Gasteiger partial charge on any atom is -0.335 e. The van der Waals surface area contributed by atoms with Gasteiger partial charge >= 0.3 is 6.03 Å². The van der Waals surface area contributed by atoms with Crippen LogP contribution < -0.4 is 10.6 Å². The summed E-state index contributed by atoms with van der Waals surface area (Å²) in [5.74, 6) is 0. The number of nitrogens with zero attached hydrogens (tertiary/aromatic N) is 1. The zero-order valence-corrected chi connectivity index (χ0v) is 11.9. The summed E-state index contributed by atoms with van der Waals surface area (Å²) in [6.45, 7) is 2.07. The van der Waals surface area contributed by atoms with Gasteiger partial charge in [0.2, 0.25) is 0 Å². The third-order valence-corrected chi connectivity index (χ3v) is 5.06. The van der Waals surface area contributed by atoms with E-state index in [1.165, 1.54) is 57.8 Å². The van der Waals surface area contributed by atoms with Crippen LogP contribution in [0.15, 0.2) is 0 Å². The molecule has 2 N–H and O–H groups in total. The highest BCUT2D eigenvalue weighted by Crippen LogP contribution is 2.25. The van der Waals surface area contributed by atoms with Crippen molar-refractivity contribution in [1.82, 2.24) is 15.5 Å². The van der Waals surface area contributed by atoms with Crippen LogP contribution in [-0.2, 0) is 0 Å². The fourth-order valence-corrected chi connectivity index (χ4v) is 4.01. The van der Waals surface area contributed by atoms with E-state index in [-0.39, 0.29) is 6.03 Å². The van der Waals surface area contributed by atoms with E-state index in [4.69, 9.17) is 0 Å². The van der Waals surface area contributed by atoms with Gasteiger partial charge in [0.15, 0.2) is 0 Å². The van der Waals surface area contributed by atoms with E-state index in [9.17, 15) is 4.79 Å². The number of amides is 2. The van der Waals surface area contributed by atoms with Gasteiger partial charge in [0, 0.05) is 24.7 Å². The highest BCUT2D eigenvalue weighted by atomic mass is 16.2. The fraction of sp³-hybridized carbons (Fsp3) is 0.933. The molecule has 2 aliphatic heterocycles. The molecule has 0 radical (unpaired) electrons. The molecule has 3 aliphatic rings. The van der Waals surface area contributed by atoms with Crippen LogP contribution >= 0.6 is 0 Å². The smallest absolute Gasteiger partial charge is 0.317 e. The van der Waals surface area contributed by atoms with Crippen molar-refractivity contribution in [2.24, 2.45) is 0 Å². The number of urea groups is 1. The first-order valence-electron chi connectivity index (χ1n) is 8.15.